The molecule has 7 rings (SSSR count). The molecule has 28 heteroatoms. The molecule has 0 fully saturated rings. The number of alkyl halides is 12. The van der Waals surface area contributed by atoms with Crippen molar-refractivity contribution in [2.75, 3.05) is 35.1 Å². The van der Waals surface area contributed by atoms with Crippen LogP contribution in [-0.4, -0.2) is 78.3 Å². The Hall–Kier alpha value is -5.50. The van der Waals surface area contributed by atoms with Crippen molar-refractivity contribution in [3.8, 4) is 0 Å². The molecule has 0 radical (unpaired) electrons. The Morgan fingerprint density at radius 1 is 0.667 bits per heavy atom. The predicted molar refractivity (Wildman–Crippen MR) is 307 cm³/mol. The smallest absolute Gasteiger partial charge is 0.403 e. The Morgan fingerprint density at radius 2 is 1.16 bits per heavy atom. The number of ether oxygens (including phenoxy) is 1. The lowest BCUT2D eigenvalue weighted by Crippen LogP contribution is -2.46. The van der Waals surface area contributed by atoms with Crippen molar-refractivity contribution in [1.29, 1.82) is 0 Å². The number of nitrogens with two attached hydrogens (primary N) is 1. The highest BCUT2D eigenvalue weighted by atomic mass is 127. The maximum Gasteiger partial charge on any atom is 0.435 e. The lowest BCUT2D eigenvalue weighted by molar-refractivity contribution is -0.145. The number of thioether (sulfide) groups is 2. The third-order valence-corrected chi connectivity index (χ3v) is 15.0. The van der Waals surface area contributed by atoms with Crippen molar-refractivity contribution in [2.24, 2.45) is 4.99 Å². The zero-order valence-electron chi connectivity index (χ0n) is 43.5. The average molecular weight is 1410 g/mol. The van der Waals surface area contributed by atoms with E-state index < -0.39 is 77.9 Å². The van der Waals surface area contributed by atoms with Crippen LogP contribution in [0.15, 0.2) is 89.9 Å². The zero-order valence-corrected chi connectivity index (χ0v) is 49.4. The summed E-state index contributed by atoms with van der Waals surface area (Å²) in [5.41, 5.74) is 2.81. The van der Waals surface area contributed by atoms with E-state index in [0.717, 1.165) is 14.9 Å². The van der Waals surface area contributed by atoms with E-state index in [4.69, 9.17) is 10.5 Å². The number of halogens is 14. The summed E-state index contributed by atoms with van der Waals surface area (Å²) >= 11 is 7.47. The number of nitrogens with zero attached hydrogens (tertiary/aromatic N) is 5. The Morgan fingerprint density at radius 3 is 1.64 bits per heavy atom. The number of aliphatic imine (C=N–C) groups is 1. The molecule has 4 N–H and O–H groups in total. The molecular weight excluding hydrogens is 1360 g/mol. The number of anilines is 2. The van der Waals surface area contributed by atoms with E-state index in [0.29, 0.717) is 53.5 Å². The van der Waals surface area contributed by atoms with Gasteiger partial charge in [-0.1, -0.05) is 43.8 Å². The number of esters is 1. The Balaban J connectivity index is 0.000000288. The molecule has 3 heterocycles. The zero-order chi connectivity index (χ0) is 60.1. The standard InChI is InChI=1S/C26H25F6IN4O2S.C13H11F6N3.C13H14INO2S.CH4/c1-14-10-15(12-37-20(26(30,31)32)11-19(36-37)25(27,28)29)8-9-18(14)34-22(38)16-6-5-7-17(33)21(16)23(39)35-24(2,3)13-40-4;1-7-4-8(2-3-9(7)20)6-22-11(13(17,18)19)5-10(21-22)12(14,15)16;1-13(2,7-18-3)15-11-10-8(12(16)17-11)5-4-6-9(10)14;/h5-11H,12-13H2,1-4H3,(H,34,38)(H,35,39);2-5H,6,20H2,1H3;4-6H,7H2,1-3H3;1H4. The number of carbonyl (C=O) groups is 3. The van der Waals surface area contributed by atoms with Crippen molar-refractivity contribution in [3.05, 3.63) is 159 Å². The largest absolute Gasteiger partial charge is 0.435 e. The number of nitrogens with one attached hydrogen (secondary N) is 2. The number of aromatic nitrogens is 4. The Kier molecular flexibility index (Phi) is 22.5. The molecule has 1 aliphatic heterocycles. The van der Waals surface area contributed by atoms with Crippen LogP contribution >= 0.6 is 68.7 Å². The van der Waals surface area contributed by atoms with Crippen molar-refractivity contribution in [2.45, 2.75) is 97.8 Å². The highest BCUT2D eigenvalue weighted by Crippen LogP contribution is 2.38. The van der Waals surface area contributed by atoms with E-state index in [2.05, 4.69) is 48.4 Å². The van der Waals surface area contributed by atoms with Gasteiger partial charge in [0.2, 0.25) is 5.90 Å². The highest BCUT2D eigenvalue weighted by molar-refractivity contribution is 14.1. The number of rotatable bonds is 13. The normalized spacial score (nSPS) is 13.3. The molecule has 0 spiro atoms. The predicted octanol–water partition coefficient (Wildman–Crippen LogP) is 14.9. The molecule has 2 amide bonds. The summed E-state index contributed by atoms with van der Waals surface area (Å²) in [4.78, 5) is 42.7. The molecule has 0 atom stereocenters. The van der Waals surface area contributed by atoms with Gasteiger partial charge in [0.15, 0.2) is 11.4 Å². The topological polar surface area (TPSA) is 159 Å². The minimum atomic E-state index is -5.04. The second-order valence-electron chi connectivity index (χ2n) is 19.1. The van der Waals surface area contributed by atoms with Crippen LogP contribution in [0, 0.1) is 21.0 Å². The molecule has 12 nitrogen and oxygen atoms in total. The molecule has 4 aromatic carbocycles. The van der Waals surface area contributed by atoms with Crippen LogP contribution in [0.3, 0.4) is 0 Å². The molecule has 2 aromatic heterocycles. The van der Waals surface area contributed by atoms with E-state index in [1.54, 1.807) is 55.6 Å². The number of nitrogen functional groups attached to an aromatic ring is 1. The maximum atomic E-state index is 13.3. The van der Waals surface area contributed by atoms with Crippen LogP contribution in [-0.2, 0) is 42.5 Å². The van der Waals surface area contributed by atoms with E-state index in [1.165, 1.54) is 42.5 Å². The van der Waals surface area contributed by atoms with Gasteiger partial charge in [-0.05, 0) is 158 Å². The van der Waals surface area contributed by atoms with Crippen molar-refractivity contribution < 1.29 is 71.8 Å². The first-order valence-corrected chi connectivity index (χ1v) is 28.2. The third kappa shape index (κ3) is 18.2. The number of fused-ring (bicyclic) bond motifs is 1. The molecule has 0 saturated carbocycles. The fraction of sp³-hybridized carbons (Fsp3) is 0.358. The second-order valence-corrected chi connectivity index (χ2v) is 23.1. The monoisotopic (exact) mass is 1410 g/mol. The second kappa shape index (κ2) is 26.8. The molecule has 6 aromatic rings. The van der Waals surface area contributed by atoms with Gasteiger partial charge in [-0.15, -0.1) is 0 Å². The molecule has 0 bridgehead atoms. The third-order valence-electron chi connectivity index (χ3n) is 11.2. The lowest BCUT2D eigenvalue weighted by Gasteiger charge is -2.26. The summed E-state index contributed by atoms with van der Waals surface area (Å²) in [5, 5.41) is 11.8. The highest BCUT2D eigenvalue weighted by Gasteiger charge is 2.43. The van der Waals surface area contributed by atoms with Gasteiger partial charge in [0.05, 0.1) is 40.9 Å². The number of cyclic esters (lactones) is 1. The van der Waals surface area contributed by atoms with Crippen LogP contribution in [0.4, 0.5) is 64.1 Å². The molecule has 0 unspecified atom stereocenters. The van der Waals surface area contributed by atoms with Crippen molar-refractivity contribution in [3.63, 3.8) is 0 Å². The maximum absolute atomic E-state index is 13.3. The first-order valence-electron chi connectivity index (χ1n) is 23.3. The van der Waals surface area contributed by atoms with E-state index >= 15 is 0 Å². The van der Waals surface area contributed by atoms with Gasteiger partial charge < -0.3 is 21.1 Å². The number of carbonyl (C=O) groups excluding carboxylic acids is 3. The average Bonchev–Trinajstić information content (AvgIpc) is 4.06. The number of aryl methyl sites for hydroxylation is 2. The lowest BCUT2D eigenvalue weighted by atomic mass is 10.0. The summed E-state index contributed by atoms with van der Waals surface area (Å²) in [6, 6.07) is 19.1. The minimum absolute atomic E-state index is 0. The first-order chi connectivity index (χ1) is 36.8. The number of amides is 2. The molecule has 0 saturated heterocycles. The minimum Gasteiger partial charge on any atom is -0.403 e. The molecule has 1 aliphatic rings. The van der Waals surface area contributed by atoms with Gasteiger partial charge in [0, 0.05) is 47.7 Å². The summed E-state index contributed by atoms with van der Waals surface area (Å²) in [5.74, 6) is 0.687. The van der Waals surface area contributed by atoms with Gasteiger partial charge >= 0.3 is 30.7 Å². The van der Waals surface area contributed by atoms with Gasteiger partial charge in [-0.3, -0.25) is 19.0 Å². The van der Waals surface area contributed by atoms with Crippen LogP contribution in [0.1, 0.15) is 117 Å². The number of hydrogen-bond donors (Lipinski definition) is 3. The van der Waals surface area contributed by atoms with Crippen molar-refractivity contribution in [1.82, 2.24) is 24.9 Å². The molecule has 0 aliphatic carbocycles. The van der Waals surface area contributed by atoms with Gasteiger partial charge in [-0.25, -0.2) is 9.79 Å². The quantitative estimate of drug-likeness (QED) is 0.0443. The fourth-order valence-corrected chi connectivity index (χ4v) is 10.7. The summed E-state index contributed by atoms with van der Waals surface area (Å²) in [6.45, 7) is 10.0. The molecular formula is C53H54F12I2N8O4S2. The van der Waals surface area contributed by atoms with Crippen LogP contribution in [0.25, 0.3) is 0 Å². The van der Waals surface area contributed by atoms with Gasteiger partial charge in [0.25, 0.3) is 11.8 Å². The van der Waals surface area contributed by atoms with E-state index in [-0.39, 0.29) is 52.4 Å². The van der Waals surface area contributed by atoms with Crippen LogP contribution in [0.5, 0.6) is 0 Å². The summed E-state index contributed by atoms with van der Waals surface area (Å²) in [7, 11) is 0. The Bertz CT molecular complexity index is 3280. The van der Waals surface area contributed by atoms with Gasteiger partial charge in [-0.2, -0.15) is 86.4 Å². The van der Waals surface area contributed by atoms with Crippen LogP contribution in [0.2, 0.25) is 0 Å². The van der Waals surface area contributed by atoms with E-state index in [1.807, 2.05) is 74.9 Å². The summed E-state index contributed by atoms with van der Waals surface area (Å²) in [6.07, 6.45) is -16.0. The molecule has 81 heavy (non-hydrogen) atoms. The Labute approximate surface area is 494 Å². The number of hydrogen-bond acceptors (Lipinski definition) is 10. The fourth-order valence-electron chi connectivity index (χ4n) is 7.70. The number of benzene rings is 4. The SMILES string of the molecule is C.CSCC(C)(C)N=C1OC(=O)c2cccc(I)c21.CSCC(C)(C)NC(=O)c1c(I)cccc1C(=O)Nc1ccc(Cn2nc(C(F)(F)F)cc2C(F)(F)F)cc1C.Cc1cc(Cn2nc(C(F)(F)F)cc2C(F)(F)F)ccc1N. The van der Waals surface area contributed by atoms with E-state index in [9.17, 15) is 67.1 Å². The molecule has 440 valence electrons. The van der Waals surface area contributed by atoms with Gasteiger partial charge in [0.1, 0.15) is 11.4 Å². The van der Waals surface area contributed by atoms with Crippen LogP contribution < -0.4 is 16.4 Å². The van der Waals surface area contributed by atoms with Crippen molar-refractivity contribution >= 4 is 104 Å². The summed E-state index contributed by atoms with van der Waals surface area (Å²) < 4.78 is 163. The first kappa shape index (κ1) is 68.0.